The molecule has 0 amide bonds. The van der Waals surface area contributed by atoms with E-state index in [0.717, 1.165) is 73.9 Å². The Morgan fingerprint density at radius 1 is 0.424 bits per heavy atom. The van der Waals surface area contributed by atoms with Crippen molar-refractivity contribution in [1.29, 1.82) is 0 Å². The van der Waals surface area contributed by atoms with Gasteiger partial charge in [-0.05, 0) is 50.9 Å². The number of methoxy groups -OCH3 is 4. The SMILES string of the molecule is COc1cc2nc(N(C)CCCCCCCCCCCCNCCSSCCNCCCCCCCCCCCCN(C)c3nc(N)c4cc(OC)c(OC)cc4n3)nc(N)c2cc1OC. The summed E-state index contributed by atoms with van der Waals surface area (Å²) >= 11 is 0. The number of fused-ring (bicyclic) bond motifs is 2. The quantitative estimate of drug-likeness (QED) is 0.0246. The molecule has 6 N–H and O–H groups in total. The van der Waals surface area contributed by atoms with Gasteiger partial charge in [-0.1, -0.05) is 124 Å². The predicted molar refractivity (Wildman–Crippen MR) is 284 cm³/mol. The number of hydrogen-bond acceptors (Lipinski definition) is 16. The number of nitrogens with zero attached hydrogens (tertiary/aromatic N) is 6. The predicted octanol–water partition coefficient (Wildman–Crippen LogP) is 10.7. The standard InChI is InChI=1S/C50H84N10O4S2/c1-59(49-55-41-37-45(63-5)43(61-3)35-39(41)47(51)57-49)31-25-21-17-13-9-7-11-15-19-23-27-53-29-33-65-66-34-30-54-28-24-20-16-12-8-10-14-18-22-26-32-60(2)50-56-42-38-46(64-6)44(62-4)36-40(42)48(52)58-50/h35-38,53-54H,7-34H2,1-6H3,(H2,51,55,57)(H2,52,56,58). The molecule has 370 valence electrons. The molecule has 0 unspecified atom stereocenters. The third kappa shape index (κ3) is 19.8. The number of nitrogen functional groups attached to an aromatic ring is 2. The molecule has 0 aliphatic heterocycles. The molecule has 4 rings (SSSR count). The minimum atomic E-state index is 0.454. The van der Waals surface area contributed by atoms with E-state index in [1.54, 1.807) is 28.4 Å². The van der Waals surface area contributed by atoms with Crippen LogP contribution in [0.1, 0.15) is 128 Å². The van der Waals surface area contributed by atoms with E-state index in [0.29, 0.717) is 46.5 Å². The Bertz CT molecular complexity index is 1810. The monoisotopic (exact) mass is 953 g/mol. The maximum Gasteiger partial charge on any atom is 0.227 e. The third-order valence-corrected chi connectivity index (χ3v) is 14.5. The van der Waals surface area contributed by atoms with Gasteiger partial charge in [0.15, 0.2) is 23.0 Å². The highest BCUT2D eigenvalue weighted by Gasteiger charge is 2.15. The highest BCUT2D eigenvalue weighted by atomic mass is 33.1. The van der Waals surface area contributed by atoms with Crippen LogP contribution < -0.4 is 50.8 Å². The Kier molecular flexibility index (Phi) is 27.2. The first-order chi connectivity index (χ1) is 32.3. The van der Waals surface area contributed by atoms with Gasteiger partial charge in [0.05, 0.1) is 39.5 Å². The van der Waals surface area contributed by atoms with Gasteiger partial charge >= 0.3 is 0 Å². The van der Waals surface area contributed by atoms with Crippen LogP contribution in [0.25, 0.3) is 21.8 Å². The maximum absolute atomic E-state index is 6.28. The molecular formula is C50H84N10O4S2. The zero-order chi connectivity index (χ0) is 47.2. The Hall–Kier alpha value is -3.86. The summed E-state index contributed by atoms with van der Waals surface area (Å²) in [6.07, 6.45) is 26.0. The van der Waals surface area contributed by atoms with E-state index in [2.05, 4.69) is 30.4 Å². The second-order valence-electron chi connectivity index (χ2n) is 17.3. The number of nitrogens with two attached hydrogens (primary N) is 2. The number of anilines is 4. The number of nitrogens with one attached hydrogen (secondary N) is 2. The van der Waals surface area contributed by atoms with Crippen LogP contribution in [0.4, 0.5) is 23.5 Å². The van der Waals surface area contributed by atoms with Crippen molar-refractivity contribution in [2.24, 2.45) is 0 Å². The van der Waals surface area contributed by atoms with Crippen molar-refractivity contribution >= 4 is 66.9 Å². The Labute approximate surface area is 405 Å². The van der Waals surface area contributed by atoms with E-state index in [-0.39, 0.29) is 0 Å². The van der Waals surface area contributed by atoms with E-state index in [1.807, 2.05) is 59.9 Å². The fourth-order valence-corrected chi connectivity index (χ4v) is 9.99. The minimum Gasteiger partial charge on any atom is -0.493 e. The summed E-state index contributed by atoms with van der Waals surface area (Å²) < 4.78 is 21.7. The lowest BCUT2D eigenvalue weighted by Gasteiger charge is -2.18. The average molecular weight is 953 g/mol. The van der Waals surface area contributed by atoms with Crippen molar-refractivity contribution in [3.05, 3.63) is 24.3 Å². The van der Waals surface area contributed by atoms with E-state index >= 15 is 0 Å². The largest absolute Gasteiger partial charge is 0.493 e. The van der Waals surface area contributed by atoms with E-state index in [4.69, 9.17) is 40.4 Å². The van der Waals surface area contributed by atoms with Gasteiger partial charge in [-0.2, -0.15) is 9.97 Å². The van der Waals surface area contributed by atoms with Crippen LogP contribution in [0.15, 0.2) is 24.3 Å². The first kappa shape index (κ1) is 54.7. The summed E-state index contributed by atoms with van der Waals surface area (Å²) in [5.74, 6) is 7.07. The molecule has 2 aromatic heterocycles. The van der Waals surface area contributed by atoms with Crippen LogP contribution in [-0.2, 0) is 0 Å². The van der Waals surface area contributed by atoms with Gasteiger partial charge in [-0.3, -0.25) is 0 Å². The van der Waals surface area contributed by atoms with Crippen molar-refractivity contribution in [1.82, 2.24) is 30.6 Å². The third-order valence-electron chi connectivity index (χ3n) is 12.1. The van der Waals surface area contributed by atoms with E-state index in [9.17, 15) is 0 Å². The summed E-state index contributed by atoms with van der Waals surface area (Å²) in [4.78, 5) is 22.8. The smallest absolute Gasteiger partial charge is 0.227 e. The fourth-order valence-electron chi connectivity index (χ4n) is 8.10. The lowest BCUT2D eigenvalue weighted by molar-refractivity contribution is 0.356. The summed E-state index contributed by atoms with van der Waals surface area (Å²) in [7, 11) is 14.5. The first-order valence-corrected chi connectivity index (χ1v) is 27.2. The Morgan fingerprint density at radius 2 is 0.727 bits per heavy atom. The molecule has 0 fully saturated rings. The Balaban J connectivity index is 0.827. The van der Waals surface area contributed by atoms with Gasteiger partial charge in [0.1, 0.15) is 11.6 Å². The normalized spacial score (nSPS) is 11.4. The highest BCUT2D eigenvalue weighted by Crippen LogP contribution is 2.35. The second kappa shape index (κ2) is 32.8. The molecule has 0 spiro atoms. The van der Waals surface area contributed by atoms with Crippen LogP contribution in [-0.4, -0.2) is 113 Å². The summed E-state index contributed by atoms with van der Waals surface area (Å²) in [6.45, 7) is 6.33. The molecule has 14 nitrogen and oxygen atoms in total. The lowest BCUT2D eigenvalue weighted by Crippen LogP contribution is -2.21. The van der Waals surface area contributed by atoms with Crippen molar-refractivity contribution in [2.45, 2.75) is 128 Å². The molecule has 0 saturated heterocycles. The van der Waals surface area contributed by atoms with E-state index in [1.165, 1.54) is 127 Å². The first-order valence-electron chi connectivity index (χ1n) is 24.8. The Morgan fingerprint density at radius 3 is 1.06 bits per heavy atom. The van der Waals surface area contributed by atoms with Crippen LogP contribution in [0.2, 0.25) is 0 Å². The van der Waals surface area contributed by atoms with Crippen LogP contribution in [0.5, 0.6) is 23.0 Å². The zero-order valence-corrected chi connectivity index (χ0v) is 43.0. The number of rotatable bonds is 39. The van der Waals surface area contributed by atoms with Gasteiger partial charge in [0.2, 0.25) is 11.9 Å². The van der Waals surface area contributed by atoms with Gasteiger partial charge < -0.3 is 50.8 Å². The number of benzene rings is 2. The fraction of sp³-hybridized carbons (Fsp3) is 0.680. The molecule has 0 aliphatic rings. The summed E-state index contributed by atoms with van der Waals surface area (Å²) in [5, 5.41) is 8.82. The number of ether oxygens (including phenoxy) is 4. The van der Waals surface area contributed by atoms with Crippen molar-refractivity contribution < 1.29 is 18.9 Å². The van der Waals surface area contributed by atoms with Crippen molar-refractivity contribution in [3.63, 3.8) is 0 Å². The molecule has 0 atom stereocenters. The molecule has 4 aromatic rings. The molecule has 0 radical (unpaired) electrons. The second-order valence-corrected chi connectivity index (χ2v) is 20.0. The molecule has 2 aromatic carbocycles. The summed E-state index contributed by atoms with van der Waals surface area (Å²) in [6, 6.07) is 7.39. The molecule has 2 heterocycles. The van der Waals surface area contributed by atoms with Crippen LogP contribution in [0, 0.1) is 0 Å². The van der Waals surface area contributed by atoms with E-state index < -0.39 is 0 Å². The topological polar surface area (TPSA) is 171 Å². The van der Waals surface area contributed by atoms with Crippen LogP contribution >= 0.6 is 21.6 Å². The number of hydrogen-bond donors (Lipinski definition) is 4. The molecular weight excluding hydrogens is 869 g/mol. The molecule has 66 heavy (non-hydrogen) atoms. The molecule has 0 saturated carbocycles. The van der Waals surface area contributed by atoms with Crippen molar-refractivity contribution in [2.75, 3.05) is 115 Å². The van der Waals surface area contributed by atoms with Gasteiger partial charge in [0, 0.05) is 74.7 Å². The number of aromatic nitrogens is 4. The van der Waals surface area contributed by atoms with Crippen molar-refractivity contribution in [3.8, 4) is 23.0 Å². The van der Waals surface area contributed by atoms with Gasteiger partial charge in [-0.15, -0.1) is 0 Å². The number of unbranched alkanes of at least 4 members (excludes halogenated alkanes) is 18. The minimum absolute atomic E-state index is 0.454. The zero-order valence-electron chi connectivity index (χ0n) is 41.4. The molecule has 16 heteroatoms. The summed E-state index contributed by atoms with van der Waals surface area (Å²) in [5.41, 5.74) is 14.1. The average Bonchev–Trinajstić information content (AvgIpc) is 3.33. The maximum atomic E-state index is 6.28. The van der Waals surface area contributed by atoms with Crippen LogP contribution in [0.3, 0.4) is 0 Å². The highest BCUT2D eigenvalue weighted by molar-refractivity contribution is 8.76. The molecule has 0 aliphatic carbocycles. The van der Waals surface area contributed by atoms with Gasteiger partial charge in [0.25, 0.3) is 0 Å². The molecule has 0 bridgehead atoms. The lowest BCUT2D eigenvalue weighted by atomic mass is 10.1. The van der Waals surface area contributed by atoms with Gasteiger partial charge in [-0.25, -0.2) is 9.97 Å².